The predicted molar refractivity (Wildman–Crippen MR) is 113 cm³/mol. The normalized spacial score (nSPS) is 11.0. The topological polar surface area (TPSA) is 79.8 Å². The molecule has 0 aliphatic heterocycles. The van der Waals surface area contributed by atoms with Crippen molar-refractivity contribution < 1.29 is 14.3 Å². The van der Waals surface area contributed by atoms with Gasteiger partial charge in [0.15, 0.2) is 6.61 Å². The molecule has 0 aliphatic rings. The van der Waals surface area contributed by atoms with Crippen LogP contribution in [0.4, 0.5) is 5.69 Å². The maximum atomic E-state index is 12.0. The van der Waals surface area contributed by atoms with Gasteiger partial charge in [-0.2, -0.15) is 5.10 Å². The number of rotatable bonds is 7. The first kappa shape index (κ1) is 21.1. The molecule has 2 N–H and O–H groups in total. The Labute approximate surface area is 174 Å². The van der Waals surface area contributed by atoms with Crippen LogP contribution in [0.1, 0.15) is 18.9 Å². The monoisotopic (exact) mass is 495 g/mol. The number of hydrazone groups is 1. The van der Waals surface area contributed by atoms with Gasteiger partial charge in [0.05, 0.1) is 6.42 Å². The summed E-state index contributed by atoms with van der Waals surface area (Å²) in [4.78, 5) is 23.8. The fourth-order valence-electron chi connectivity index (χ4n) is 2.06. The van der Waals surface area contributed by atoms with E-state index < -0.39 is 5.91 Å². The van der Waals surface area contributed by atoms with Crippen LogP contribution >= 0.6 is 31.9 Å². The summed E-state index contributed by atoms with van der Waals surface area (Å²) in [6, 6.07) is 12.7. The third-order valence-electron chi connectivity index (χ3n) is 3.42. The van der Waals surface area contributed by atoms with Crippen molar-refractivity contribution in [1.29, 1.82) is 0 Å². The zero-order chi connectivity index (χ0) is 19.8. The number of carbonyl (C=O) groups excluding carboxylic acids is 2. The Balaban J connectivity index is 1.76. The first-order valence-electron chi connectivity index (χ1n) is 8.10. The van der Waals surface area contributed by atoms with Crippen molar-refractivity contribution in [3.63, 3.8) is 0 Å². The molecule has 0 bridgehead atoms. The zero-order valence-corrected chi connectivity index (χ0v) is 18.1. The van der Waals surface area contributed by atoms with E-state index in [4.69, 9.17) is 4.74 Å². The minimum Gasteiger partial charge on any atom is -0.484 e. The van der Waals surface area contributed by atoms with Crippen LogP contribution in [0.5, 0.6) is 5.75 Å². The van der Waals surface area contributed by atoms with Gasteiger partial charge >= 0.3 is 0 Å². The lowest BCUT2D eigenvalue weighted by Gasteiger charge is -2.08. The van der Waals surface area contributed by atoms with E-state index in [1.54, 1.807) is 25.1 Å². The Morgan fingerprint density at radius 3 is 2.44 bits per heavy atom. The van der Waals surface area contributed by atoms with Crippen LogP contribution in [0.25, 0.3) is 0 Å². The highest BCUT2D eigenvalue weighted by atomic mass is 79.9. The molecule has 6 nitrogen and oxygen atoms in total. The number of nitrogens with one attached hydrogen (secondary N) is 2. The largest absolute Gasteiger partial charge is 0.484 e. The first-order chi connectivity index (χ1) is 12.8. The number of halogens is 2. The molecule has 0 atom stereocenters. The van der Waals surface area contributed by atoms with Gasteiger partial charge in [0, 0.05) is 20.3 Å². The van der Waals surface area contributed by atoms with Crippen LogP contribution in [0, 0.1) is 6.92 Å². The van der Waals surface area contributed by atoms with Crippen molar-refractivity contribution >= 4 is 55.1 Å². The Hall–Kier alpha value is -2.19. The molecule has 2 amide bonds. The molecular formula is C19H19Br2N3O3. The van der Waals surface area contributed by atoms with E-state index in [-0.39, 0.29) is 18.9 Å². The quantitative estimate of drug-likeness (QED) is 0.439. The van der Waals surface area contributed by atoms with E-state index in [1.165, 1.54) is 0 Å². The molecule has 2 aromatic carbocycles. The minimum atomic E-state index is -0.400. The van der Waals surface area contributed by atoms with Crippen LogP contribution in [-0.2, 0) is 9.59 Å². The molecule has 8 heteroatoms. The second kappa shape index (κ2) is 10.2. The van der Waals surface area contributed by atoms with Gasteiger partial charge < -0.3 is 10.1 Å². The number of benzene rings is 2. The van der Waals surface area contributed by atoms with E-state index in [1.807, 2.05) is 31.2 Å². The number of carbonyl (C=O) groups is 2. The Kier molecular flexibility index (Phi) is 7.99. The minimum absolute atomic E-state index is 0.0725. The summed E-state index contributed by atoms with van der Waals surface area (Å²) in [6.45, 7) is 3.44. The van der Waals surface area contributed by atoms with Crippen LogP contribution in [0.15, 0.2) is 56.5 Å². The molecule has 27 heavy (non-hydrogen) atoms. The summed E-state index contributed by atoms with van der Waals surface area (Å²) in [5.74, 6) is -0.0157. The number of ether oxygens (including phenoxy) is 1. The fourth-order valence-corrected chi connectivity index (χ4v) is 2.57. The second-order valence-corrected chi connectivity index (χ2v) is 7.58. The third kappa shape index (κ3) is 7.52. The molecular weight excluding hydrogens is 478 g/mol. The van der Waals surface area contributed by atoms with Gasteiger partial charge in [0.1, 0.15) is 5.75 Å². The van der Waals surface area contributed by atoms with Gasteiger partial charge in [0.2, 0.25) is 5.91 Å². The summed E-state index contributed by atoms with van der Waals surface area (Å²) in [7, 11) is 0. The van der Waals surface area contributed by atoms with Crippen molar-refractivity contribution in [2.24, 2.45) is 5.10 Å². The zero-order valence-electron chi connectivity index (χ0n) is 14.9. The molecule has 0 aromatic heterocycles. The van der Waals surface area contributed by atoms with Gasteiger partial charge in [-0.15, -0.1) is 0 Å². The van der Waals surface area contributed by atoms with Gasteiger partial charge in [-0.1, -0.05) is 31.9 Å². The number of aryl methyl sites for hydroxylation is 1. The predicted octanol–water partition coefficient (Wildman–Crippen LogP) is 4.42. The standard InChI is InChI=1S/C19H19Br2N3O3/c1-12-9-16(7-8-17(12)21)27-11-19(26)24-23-13(2)10-18(25)22-15-5-3-14(20)4-6-15/h3-9H,10-11H2,1-2H3,(H,22,25)(H,24,26)/b23-13-. The van der Waals surface area contributed by atoms with Gasteiger partial charge in [0.25, 0.3) is 5.91 Å². The van der Waals surface area contributed by atoms with Crippen molar-refractivity contribution in [3.8, 4) is 5.75 Å². The number of hydrogen-bond acceptors (Lipinski definition) is 4. The molecule has 0 spiro atoms. The van der Waals surface area contributed by atoms with Crippen LogP contribution in [0.3, 0.4) is 0 Å². The fraction of sp³-hybridized carbons (Fsp3) is 0.211. The number of amides is 2. The van der Waals surface area contributed by atoms with Crippen LogP contribution in [-0.4, -0.2) is 24.1 Å². The van der Waals surface area contributed by atoms with E-state index in [9.17, 15) is 9.59 Å². The lowest BCUT2D eigenvalue weighted by molar-refractivity contribution is -0.123. The molecule has 0 unspecified atom stereocenters. The average molecular weight is 497 g/mol. The Bertz CT molecular complexity index is 852. The van der Waals surface area contributed by atoms with Gasteiger partial charge in [-0.3, -0.25) is 9.59 Å². The summed E-state index contributed by atoms with van der Waals surface area (Å²) >= 11 is 6.74. The van der Waals surface area contributed by atoms with Crippen molar-refractivity contribution in [3.05, 3.63) is 57.0 Å². The van der Waals surface area contributed by atoms with Gasteiger partial charge in [-0.05, 0) is 61.9 Å². The molecule has 0 radical (unpaired) electrons. The lowest BCUT2D eigenvalue weighted by atomic mass is 10.2. The summed E-state index contributed by atoms with van der Waals surface area (Å²) < 4.78 is 7.33. The molecule has 142 valence electrons. The molecule has 0 fully saturated rings. The van der Waals surface area contributed by atoms with E-state index in [2.05, 4.69) is 47.7 Å². The van der Waals surface area contributed by atoms with Crippen molar-refractivity contribution in [1.82, 2.24) is 5.43 Å². The second-order valence-electron chi connectivity index (χ2n) is 5.81. The smallest absolute Gasteiger partial charge is 0.277 e. The molecule has 0 saturated heterocycles. The lowest BCUT2D eigenvalue weighted by Crippen LogP contribution is -2.26. The maximum absolute atomic E-state index is 12.0. The summed E-state index contributed by atoms with van der Waals surface area (Å²) in [5, 5.41) is 6.69. The highest BCUT2D eigenvalue weighted by molar-refractivity contribution is 9.10. The first-order valence-corrected chi connectivity index (χ1v) is 9.68. The highest BCUT2D eigenvalue weighted by Crippen LogP contribution is 2.21. The Morgan fingerprint density at radius 2 is 1.78 bits per heavy atom. The molecule has 0 saturated carbocycles. The van der Waals surface area contributed by atoms with Gasteiger partial charge in [-0.25, -0.2) is 5.43 Å². The number of nitrogens with zero attached hydrogens (tertiary/aromatic N) is 1. The summed E-state index contributed by atoms with van der Waals surface area (Å²) in [6.07, 6.45) is 0.0725. The van der Waals surface area contributed by atoms with Crippen molar-refractivity contribution in [2.75, 3.05) is 11.9 Å². The molecule has 2 aromatic rings. The molecule has 2 rings (SSSR count). The Morgan fingerprint density at radius 1 is 1.07 bits per heavy atom. The third-order valence-corrected chi connectivity index (χ3v) is 4.83. The maximum Gasteiger partial charge on any atom is 0.277 e. The van der Waals surface area contributed by atoms with E-state index in [0.717, 1.165) is 14.5 Å². The van der Waals surface area contributed by atoms with Crippen molar-refractivity contribution in [2.45, 2.75) is 20.3 Å². The van der Waals surface area contributed by atoms with E-state index in [0.29, 0.717) is 17.1 Å². The number of anilines is 1. The average Bonchev–Trinajstić information content (AvgIpc) is 2.63. The summed E-state index contributed by atoms with van der Waals surface area (Å²) in [5.41, 5.74) is 4.57. The van der Waals surface area contributed by atoms with E-state index >= 15 is 0 Å². The SMILES string of the molecule is C/C(CC(=O)Nc1ccc(Br)cc1)=N/NC(=O)COc1ccc(Br)c(C)c1. The highest BCUT2D eigenvalue weighted by Gasteiger charge is 2.07. The molecule has 0 heterocycles. The van der Waals surface area contributed by atoms with Crippen LogP contribution < -0.4 is 15.5 Å². The molecule has 0 aliphatic carbocycles. The van der Waals surface area contributed by atoms with Crippen LogP contribution in [0.2, 0.25) is 0 Å². The number of hydrogen-bond donors (Lipinski definition) is 2.